The first-order valence-electron chi connectivity index (χ1n) is 13.3. The molecule has 0 fully saturated rings. The van der Waals surface area contributed by atoms with Gasteiger partial charge in [0.25, 0.3) is 0 Å². The van der Waals surface area contributed by atoms with Crippen molar-refractivity contribution in [1.29, 1.82) is 0 Å². The summed E-state index contributed by atoms with van der Waals surface area (Å²) >= 11 is 1.47. The van der Waals surface area contributed by atoms with Gasteiger partial charge in [0, 0.05) is 0 Å². The molecule has 0 bridgehead atoms. The van der Waals surface area contributed by atoms with Gasteiger partial charge in [0.05, 0.1) is 0 Å². The van der Waals surface area contributed by atoms with E-state index in [9.17, 15) is 0 Å². The quantitative estimate of drug-likeness (QED) is 0.248. The second-order valence-corrected chi connectivity index (χ2v) is 12.9. The molecular formula is C36H42Cl2Zr-2. The topological polar surface area (TPSA) is 0 Å². The molecule has 0 nitrogen and oxygen atoms in total. The number of rotatable bonds is 1. The van der Waals surface area contributed by atoms with Gasteiger partial charge in [-0.25, -0.2) is 12.1 Å². The molecule has 0 spiro atoms. The first-order chi connectivity index (χ1) is 17.3. The van der Waals surface area contributed by atoms with Crippen LogP contribution in [0, 0.1) is 26.8 Å². The van der Waals surface area contributed by atoms with Crippen LogP contribution in [0.1, 0.15) is 86.1 Å². The Bertz CT molecular complexity index is 1270. The largest absolute Gasteiger partial charge is 1.00 e. The Morgan fingerprint density at radius 3 is 1.82 bits per heavy atom. The number of fused-ring (bicyclic) bond motifs is 3. The van der Waals surface area contributed by atoms with E-state index in [1.807, 2.05) is 30.3 Å². The minimum Gasteiger partial charge on any atom is -1.00 e. The van der Waals surface area contributed by atoms with Gasteiger partial charge in [0.2, 0.25) is 0 Å². The molecule has 0 amide bonds. The van der Waals surface area contributed by atoms with Crippen LogP contribution in [0.15, 0.2) is 72.8 Å². The molecule has 0 atom stereocenters. The van der Waals surface area contributed by atoms with Crippen molar-refractivity contribution in [3.8, 4) is 11.1 Å². The molecule has 206 valence electrons. The summed E-state index contributed by atoms with van der Waals surface area (Å²) in [4.78, 5) is 0. The van der Waals surface area contributed by atoms with Crippen LogP contribution >= 0.6 is 0 Å². The minimum absolute atomic E-state index is 0. The van der Waals surface area contributed by atoms with E-state index in [1.165, 1.54) is 79.9 Å². The number of benzene rings is 3. The molecule has 0 heterocycles. The molecular weight excluding hydrogens is 595 g/mol. The van der Waals surface area contributed by atoms with Crippen molar-refractivity contribution in [2.45, 2.75) is 79.6 Å². The van der Waals surface area contributed by atoms with Crippen molar-refractivity contribution < 1.29 is 49.0 Å². The zero-order valence-corrected chi connectivity index (χ0v) is 28.9. The van der Waals surface area contributed by atoms with Crippen molar-refractivity contribution in [1.82, 2.24) is 0 Å². The summed E-state index contributed by atoms with van der Waals surface area (Å²) in [6.07, 6.45) is 1.03. The number of hydrogen-bond acceptors (Lipinski definition) is 0. The Hall–Kier alpha value is -1.66. The van der Waals surface area contributed by atoms with Crippen LogP contribution in [0.5, 0.6) is 0 Å². The van der Waals surface area contributed by atoms with Crippen LogP contribution in [-0.4, -0.2) is 3.71 Å². The second kappa shape index (κ2) is 14.8. The zero-order chi connectivity index (χ0) is 27.4. The third-order valence-corrected chi connectivity index (χ3v) is 7.66. The van der Waals surface area contributed by atoms with Crippen molar-refractivity contribution >= 4 is 3.71 Å². The maximum Gasteiger partial charge on any atom is -0.172 e. The summed E-state index contributed by atoms with van der Waals surface area (Å²) < 4.78 is 2.19. The van der Waals surface area contributed by atoms with E-state index in [2.05, 4.69) is 115 Å². The van der Waals surface area contributed by atoms with E-state index >= 15 is 0 Å². The van der Waals surface area contributed by atoms with Crippen molar-refractivity contribution in [3.05, 3.63) is 123 Å². The van der Waals surface area contributed by atoms with E-state index < -0.39 is 0 Å². The Morgan fingerprint density at radius 1 is 0.769 bits per heavy atom. The zero-order valence-electron chi connectivity index (χ0n) is 25.0. The van der Waals surface area contributed by atoms with Crippen LogP contribution in [-0.2, 0) is 41.5 Å². The van der Waals surface area contributed by atoms with Crippen LogP contribution in [0.4, 0.5) is 0 Å². The van der Waals surface area contributed by atoms with Gasteiger partial charge in [0.15, 0.2) is 0 Å². The maximum absolute atomic E-state index is 3.69. The summed E-state index contributed by atoms with van der Waals surface area (Å²) in [5.41, 5.74) is 14.3. The molecule has 0 radical (unpaired) electrons. The standard InChI is InChI=1S/C23H29.C8H8.C5H5.2ClH.Zr/c1-14-9-16-11-17-10-15(2)21(23(6,7)8)13-19(17)18(16)12-20(14)22(3,4)5;1-7-4-3-5-8(2)6-7;1-2-4-5-3-1;;;/h9,12-13H,11H2,1-8H3;1,3-6H,2H3;1-5H;2*1H;/q-1;;-1;;;+2/p-2. The van der Waals surface area contributed by atoms with Gasteiger partial charge in [0.1, 0.15) is 0 Å². The smallest absolute Gasteiger partial charge is 0.172 e. The van der Waals surface area contributed by atoms with Crippen LogP contribution < -0.4 is 24.8 Å². The van der Waals surface area contributed by atoms with Gasteiger partial charge >= 0.3 is 70.3 Å². The van der Waals surface area contributed by atoms with E-state index in [-0.39, 0.29) is 35.6 Å². The van der Waals surface area contributed by atoms with E-state index in [4.69, 9.17) is 0 Å². The molecule has 3 heteroatoms. The summed E-state index contributed by atoms with van der Waals surface area (Å²) in [6.45, 7) is 20.4. The molecule has 39 heavy (non-hydrogen) atoms. The molecule has 4 aromatic carbocycles. The van der Waals surface area contributed by atoms with Gasteiger partial charge < -0.3 is 24.8 Å². The summed E-state index contributed by atoms with van der Waals surface area (Å²) in [5, 5.41) is 0. The number of halogens is 2. The predicted molar refractivity (Wildman–Crippen MR) is 159 cm³/mol. The maximum atomic E-state index is 3.69. The Kier molecular flexibility index (Phi) is 13.4. The predicted octanol–water partition coefficient (Wildman–Crippen LogP) is 3.38. The Morgan fingerprint density at radius 2 is 1.36 bits per heavy atom. The third kappa shape index (κ3) is 9.45. The first-order valence-corrected chi connectivity index (χ1v) is 14.7. The molecule has 0 saturated heterocycles. The van der Waals surface area contributed by atoms with Crippen LogP contribution in [0.3, 0.4) is 0 Å². The average molecular weight is 637 g/mol. The fourth-order valence-electron chi connectivity index (χ4n) is 5.10. The van der Waals surface area contributed by atoms with E-state index in [0.29, 0.717) is 0 Å². The Labute approximate surface area is 265 Å². The van der Waals surface area contributed by atoms with Gasteiger partial charge in [-0.15, -0.1) is 16.7 Å². The molecule has 1 aliphatic rings. The van der Waals surface area contributed by atoms with Crippen molar-refractivity contribution in [3.63, 3.8) is 0 Å². The fraction of sp³-hybridized carbons (Fsp3) is 0.333. The van der Waals surface area contributed by atoms with Crippen LogP contribution in [0.25, 0.3) is 11.1 Å². The fourth-order valence-corrected chi connectivity index (χ4v) is 5.54. The monoisotopic (exact) mass is 634 g/mol. The van der Waals surface area contributed by atoms with E-state index in [0.717, 1.165) is 6.42 Å². The Balaban J connectivity index is 0.000000392. The molecule has 1 aliphatic carbocycles. The molecule has 0 unspecified atom stereocenters. The van der Waals surface area contributed by atoms with Gasteiger partial charge in [-0.1, -0.05) is 71.6 Å². The molecule has 0 aromatic heterocycles. The van der Waals surface area contributed by atoms with Gasteiger partial charge in [-0.3, -0.25) is 0 Å². The van der Waals surface area contributed by atoms with Crippen molar-refractivity contribution in [2.75, 3.05) is 0 Å². The second-order valence-electron chi connectivity index (χ2n) is 12.2. The van der Waals surface area contributed by atoms with Gasteiger partial charge in [-0.2, -0.15) is 35.9 Å². The first kappa shape index (κ1) is 35.4. The molecule has 4 aromatic rings. The average Bonchev–Trinajstić information content (AvgIpc) is 3.48. The normalized spacial score (nSPS) is 11.4. The van der Waals surface area contributed by atoms with Crippen molar-refractivity contribution in [2.24, 2.45) is 0 Å². The van der Waals surface area contributed by atoms with Crippen LogP contribution in [0.2, 0.25) is 0 Å². The minimum atomic E-state index is 0. The number of hydrogen-bond donors (Lipinski definition) is 0. The van der Waals surface area contributed by atoms with Gasteiger partial charge in [-0.05, 0) is 35.4 Å². The van der Waals surface area contributed by atoms with E-state index in [1.54, 1.807) is 0 Å². The molecule has 0 aliphatic heterocycles. The summed E-state index contributed by atoms with van der Waals surface area (Å²) in [6, 6.07) is 29.5. The summed E-state index contributed by atoms with van der Waals surface area (Å²) in [5.74, 6) is 0. The molecule has 0 saturated carbocycles. The summed E-state index contributed by atoms with van der Waals surface area (Å²) in [7, 11) is 0. The SMILES string of the molecule is Cc1[c-]c2c(cc1C(C)(C)C)-c1cc(C(C)(C)C)c(C)cc1C2.Cc1cccc([CH]=[Zr+2])c1.[Cl-].[Cl-].c1cc[cH-]c1. The third-order valence-electron chi connectivity index (χ3n) is 6.84. The number of aryl methyl sites for hydroxylation is 3. The molecule has 5 rings (SSSR count). The molecule has 0 N–H and O–H groups in total.